The van der Waals surface area contributed by atoms with Gasteiger partial charge in [-0.2, -0.15) is 10.1 Å². The number of halogens is 1. The van der Waals surface area contributed by atoms with Crippen molar-refractivity contribution in [1.29, 1.82) is 0 Å². The largest absolute Gasteiger partial charge is 0.389 e. The molecule has 0 saturated carbocycles. The molecule has 4 rings (SSSR count). The second-order valence-electron chi connectivity index (χ2n) is 8.74. The van der Waals surface area contributed by atoms with Gasteiger partial charge in [0.1, 0.15) is 0 Å². The lowest BCUT2D eigenvalue weighted by molar-refractivity contribution is -0.111. The van der Waals surface area contributed by atoms with Crippen molar-refractivity contribution in [3.05, 3.63) is 66.5 Å². The maximum absolute atomic E-state index is 14.8. The van der Waals surface area contributed by atoms with Gasteiger partial charge >= 0.3 is 0 Å². The molecule has 9 nitrogen and oxygen atoms in total. The number of aryl methyl sites for hydroxylation is 2. The molecule has 0 radical (unpaired) electrons. The number of aromatic nitrogens is 5. The molecule has 10 heteroatoms. The highest BCUT2D eigenvalue weighted by Gasteiger charge is 2.18. The summed E-state index contributed by atoms with van der Waals surface area (Å²) in [5.41, 5.74) is 2.65. The normalized spacial score (nSPS) is 11.6. The summed E-state index contributed by atoms with van der Waals surface area (Å²) in [6.45, 7) is 10.9. The van der Waals surface area contributed by atoms with Crippen LogP contribution in [-0.4, -0.2) is 40.9 Å². The third kappa shape index (κ3) is 4.81. The number of nitrogens with zero attached hydrogens (tertiary/aromatic N) is 5. The van der Waals surface area contributed by atoms with Crippen LogP contribution >= 0.6 is 0 Å². The summed E-state index contributed by atoms with van der Waals surface area (Å²) >= 11 is 0. The zero-order valence-electron chi connectivity index (χ0n) is 19.4. The number of amides is 1. The third-order valence-corrected chi connectivity index (χ3v) is 5.15. The molecule has 0 aliphatic heterocycles. The Kier molecular flexibility index (Phi) is 5.92. The molecule has 1 aromatic carbocycles. The lowest BCUT2D eigenvalue weighted by Crippen LogP contribution is -2.26. The Hall–Kier alpha value is -4.05. The summed E-state index contributed by atoms with van der Waals surface area (Å²) in [5, 5.41) is 21.1. The summed E-state index contributed by atoms with van der Waals surface area (Å²) in [6.07, 6.45) is 5.84. The molecule has 3 aromatic heterocycles. The molecule has 0 atom stereocenters. The third-order valence-electron chi connectivity index (χ3n) is 5.15. The smallest absolute Gasteiger partial charge is 0.247 e. The van der Waals surface area contributed by atoms with Gasteiger partial charge in [0.25, 0.3) is 0 Å². The van der Waals surface area contributed by atoms with Crippen molar-refractivity contribution in [2.75, 3.05) is 10.6 Å². The lowest BCUT2D eigenvalue weighted by Gasteiger charge is -2.16. The Bertz CT molecular complexity index is 1400. The number of benzene rings is 1. The molecule has 0 bridgehead atoms. The van der Waals surface area contributed by atoms with Crippen LogP contribution in [0.25, 0.3) is 16.7 Å². The first-order chi connectivity index (χ1) is 16.0. The van der Waals surface area contributed by atoms with Gasteiger partial charge in [-0.3, -0.25) is 14.0 Å². The van der Waals surface area contributed by atoms with E-state index >= 15 is 0 Å². The van der Waals surface area contributed by atoms with Crippen molar-refractivity contribution < 1.29 is 14.3 Å². The second-order valence-corrected chi connectivity index (χ2v) is 8.74. The zero-order chi connectivity index (χ0) is 24.6. The van der Waals surface area contributed by atoms with Crippen LogP contribution in [0.5, 0.6) is 0 Å². The van der Waals surface area contributed by atoms with E-state index in [9.17, 15) is 14.3 Å². The molecule has 0 spiro atoms. The van der Waals surface area contributed by atoms with Crippen molar-refractivity contribution in [3.8, 4) is 5.82 Å². The Morgan fingerprint density at radius 3 is 2.76 bits per heavy atom. The maximum atomic E-state index is 14.8. The molecule has 3 N–H and O–H groups in total. The molecule has 3 heterocycles. The minimum Gasteiger partial charge on any atom is -0.389 e. The SMILES string of the molecule is C=CC(=O)Nc1ccc2c(c1)c(C)cn2-c1nc(Nc2cn(CC(C)(C)O)nc2C)ncc1F. The molecule has 34 heavy (non-hydrogen) atoms. The lowest BCUT2D eigenvalue weighted by atomic mass is 10.1. The minimum atomic E-state index is -0.920. The summed E-state index contributed by atoms with van der Waals surface area (Å²) in [4.78, 5) is 20.1. The van der Waals surface area contributed by atoms with Crippen LogP contribution in [0.2, 0.25) is 0 Å². The first-order valence-electron chi connectivity index (χ1n) is 10.7. The van der Waals surface area contributed by atoms with Gasteiger partial charge in [0.05, 0.1) is 35.2 Å². The van der Waals surface area contributed by atoms with Crippen LogP contribution in [0.4, 0.5) is 21.7 Å². The fourth-order valence-corrected chi connectivity index (χ4v) is 3.67. The summed E-state index contributed by atoms with van der Waals surface area (Å²) in [5.74, 6) is -0.604. The molecule has 4 aromatic rings. The number of carbonyl (C=O) groups is 1. The molecular weight excluding hydrogens is 437 g/mol. The molecule has 0 unspecified atom stereocenters. The Morgan fingerprint density at radius 2 is 2.06 bits per heavy atom. The summed E-state index contributed by atoms with van der Waals surface area (Å²) in [6, 6.07) is 5.35. The minimum absolute atomic E-state index is 0.0833. The Labute approximate surface area is 196 Å². The van der Waals surface area contributed by atoms with Crippen molar-refractivity contribution >= 4 is 34.1 Å². The highest BCUT2D eigenvalue weighted by atomic mass is 19.1. The topological polar surface area (TPSA) is 110 Å². The van der Waals surface area contributed by atoms with E-state index in [0.717, 1.165) is 22.7 Å². The highest BCUT2D eigenvalue weighted by molar-refractivity contribution is 6.00. The predicted octanol–water partition coefficient (Wildman–Crippen LogP) is 4.01. The van der Waals surface area contributed by atoms with Gasteiger partial charge in [0, 0.05) is 23.5 Å². The van der Waals surface area contributed by atoms with Crippen molar-refractivity contribution in [1.82, 2.24) is 24.3 Å². The van der Waals surface area contributed by atoms with Crippen LogP contribution in [0.1, 0.15) is 25.1 Å². The van der Waals surface area contributed by atoms with E-state index in [1.165, 1.54) is 6.08 Å². The van der Waals surface area contributed by atoms with Gasteiger partial charge in [-0.25, -0.2) is 9.37 Å². The summed E-state index contributed by atoms with van der Waals surface area (Å²) < 4.78 is 18.1. The first-order valence-corrected chi connectivity index (χ1v) is 10.7. The van der Waals surface area contributed by atoms with Gasteiger partial charge in [0.15, 0.2) is 11.6 Å². The molecule has 0 aliphatic rings. The van der Waals surface area contributed by atoms with Crippen molar-refractivity contribution in [2.45, 2.75) is 39.8 Å². The monoisotopic (exact) mass is 463 g/mol. The fourth-order valence-electron chi connectivity index (χ4n) is 3.67. The van der Waals surface area contributed by atoms with E-state index in [1.807, 2.05) is 19.9 Å². The van der Waals surface area contributed by atoms with Crippen LogP contribution in [0, 0.1) is 19.7 Å². The van der Waals surface area contributed by atoms with Gasteiger partial charge < -0.3 is 15.7 Å². The highest BCUT2D eigenvalue weighted by Crippen LogP contribution is 2.28. The number of aliphatic hydroxyl groups is 1. The molecular formula is C24H26FN7O2. The average molecular weight is 464 g/mol. The van der Waals surface area contributed by atoms with Gasteiger partial charge in [-0.1, -0.05) is 6.58 Å². The van der Waals surface area contributed by atoms with Gasteiger partial charge in [0.2, 0.25) is 11.9 Å². The number of rotatable bonds is 7. The number of hydrogen-bond acceptors (Lipinski definition) is 6. The number of hydrogen-bond donors (Lipinski definition) is 3. The second kappa shape index (κ2) is 8.71. The van der Waals surface area contributed by atoms with E-state index in [1.54, 1.807) is 47.6 Å². The van der Waals surface area contributed by atoms with Crippen LogP contribution < -0.4 is 10.6 Å². The van der Waals surface area contributed by atoms with Crippen molar-refractivity contribution in [3.63, 3.8) is 0 Å². The van der Waals surface area contributed by atoms with E-state index in [-0.39, 0.29) is 17.7 Å². The van der Waals surface area contributed by atoms with E-state index in [4.69, 9.17) is 0 Å². The molecule has 0 aliphatic carbocycles. The van der Waals surface area contributed by atoms with Gasteiger partial charge in [-0.15, -0.1) is 0 Å². The maximum Gasteiger partial charge on any atom is 0.247 e. The quantitative estimate of drug-likeness (QED) is 0.357. The number of anilines is 3. The standard InChI is InChI=1S/C24H26FN7O2/c1-6-21(33)27-16-7-8-20-17(9-16)14(2)11-32(20)22-18(25)10-26-23(29-22)28-19-12-31(30-15(19)3)13-24(4,5)34/h6-12,34H,1,13H2,2-5H3,(H,27,33)(H,26,28,29). The van der Waals surface area contributed by atoms with Crippen LogP contribution in [0.15, 0.2) is 49.4 Å². The average Bonchev–Trinajstić information content (AvgIpc) is 3.26. The first kappa shape index (κ1) is 23.1. The zero-order valence-corrected chi connectivity index (χ0v) is 19.4. The molecule has 0 saturated heterocycles. The molecule has 0 fully saturated rings. The van der Waals surface area contributed by atoms with Crippen molar-refractivity contribution in [2.24, 2.45) is 0 Å². The Balaban J connectivity index is 1.68. The fraction of sp³-hybridized carbons (Fsp3) is 0.250. The van der Waals surface area contributed by atoms with E-state index < -0.39 is 11.4 Å². The molecule has 176 valence electrons. The van der Waals surface area contributed by atoms with E-state index in [0.29, 0.717) is 23.6 Å². The van der Waals surface area contributed by atoms with Gasteiger partial charge in [-0.05, 0) is 57.5 Å². The number of fused-ring (bicyclic) bond motifs is 1. The number of nitrogens with one attached hydrogen (secondary N) is 2. The predicted molar refractivity (Wildman–Crippen MR) is 129 cm³/mol. The van der Waals surface area contributed by atoms with E-state index in [2.05, 4.69) is 32.3 Å². The Morgan fingerprint density at radius 1 is 1.29 bits per heavy atom. The number of carbonyl (C=O) groups excluding carboxylic acids is 1. The molecule has 1 amide bonds. The van der Waals surface area contributed by atoms with Crippen LogP contribution in [-0.2, 0) is 11.3 Å². The summed E-state index contributed by atoms with van der Waals surface area (Å²) in [7, 11) is 0. The van der Waals surface area contributed by atoms with Crippen LogP contribution in [0.3, 0.4) is 0 Å².